The Labute approximate surface area is 280 Å². The molecule has 1 saturated heterocycles. The second-order valence-electron chi connectivity index (χ2n) is 11.5. The molecule has 1 heterocycles. The van der Waals surface area contributed by atoms with Gasteiger partial charge in [0.05, 0.1) is 22.6 Å². The lowest BCUT2D eigenvalue weighted by atomic mass is 9.96. The lowest BCUT2D eigenvalue weighted by Gasteiger charge is -2.14. The molecule has 0 radical (unpaired) electrons. The summed E-state index contributed by atoms with van der Waals surface area (Å²) in [4.78, 5) is 39.0. The van der Waals surface area contributed by atoms with Gasteiger partial charge in [0, 0.05) is 35.6 Å². The zero-order chi connectivity index (χ0) is 34.4. The maximum Gasteiger partial charge on any atom is 0.419 e. The van der Waals surface area contributed by atoms with Gasteiger partial charge >= 0.3 is 6.18 Å². The van der Waals surface area contributed by atoms with Crippen LogP contribution in [0.4, 0.5) is 32.0 Å². The largest absolute Gasteiger partial charge is 0.419 e. The highest BCUT2D eigenvalue weighted by Crippen LogP contribution is 2.65. The number of hydrogen-bond acceptors (Lipinski definition) is 4. The molecule has 1 amide bonds. The monoisotopic (exact) mass is 719 g/mol. The van der Waals surface area contributed by atoms with E-state index in [1.165, 1.54) is 18.2 Å². The van der Waals surface area contributed by atoms with Crippen LogP contribution in [0.15, 0.2) is 48.5 Å². The van der Waals surface area contributed by atoms with E-state index in [1.54, 1.807) is 0 Å². The van der Waals surface area contributed by atoms with Crippen molar-refractivity contribution in [3.63, 3.8) is 0 Å². The molecule has 1 aliphatic heterocycles. The van der Waals surface area contributed by atoms with Gasteiger partial charge in [0.2, 0.25) is 5.91 Å². The van der Waals surface area contributed by atoms with Crippen molar-refractivity contribution in [2.24, 2.45) is 5.92 Å². The number of carbonyl (C=O) groups excluding carboxylic acids is 3. The maximum absolute atomic E-state index is 15.4. The van der Waals surface area contributed by atoms with Crippen LogP contribution >= 0.6 is 34.8 Å². The number of ether oxygens (including phenoxy) is 1. The van der Waals surface area contributed by atoms with Crippen LogP contribution in [0.1, 0.15) is 64.7 Å². The highest BCUT2D eigenvalue weighted by molar-refractivity contribution is 6.53. The molecule has 4 atom stereocenters. The molecule has 14 heteroatoms. The molecule has 1 saturated carbocycles. The van der Waals surface area contributed by atoms with Crippen molar-refractivity contribution in [2.45, 2.75) is 67.7 Å². The predicted octanol–water partition coefficient (Wildman–Crippen LogP) is 8.80. The zero-order valence-corrected chi connectivity index (χ0v) is 26.8. The molecule has 5 nitrogen and oxygen atoms in total. The SMILES string of the molecule is CCC1CCC(C(=O)Cc2c(F)ccc(CC(=O)c3cc(NC(=O)[C@H]4[C@H](c5ccc(F)c(C(F)(F)F)c5)C4(Cl)Cl)ccc3Cl)c2F)O1. The molecule has 2 unspecified atom stereocenters. The van der Waals surface area contributed by atoms with Crippen LogP contribution in [-0.4, -0.2) is 34.0 Å². The molecule has 2 fully saturated rings. The number of nitrogens with one attached hydrogen (secondary N) is 1. The van der Waals surface area contributed by atoms with Crippen LogP contribution in [0.2, 0.25) is 5.02 Å². The number of Topliss-reactive ketones (excluding diaryl/α,β-unsaturated/α-hetero) is 2. The number of hydrogen-bond donors (Lipinski definition) is 1. The van der Waals surface area contributed by atoms with Gasteiger partial charge in [0.25, 0.3) is 0 Å². The van der Waals surface area contributed by atoms with E-state index in [2.05, 4.69) is 5.32 Å². The van der Waals surface area contributed by atoms with Gasteiger partial charge in [-0.1, -0.05) is 30.7 Å². The Morgan fingerprint density at radius 2 is 1.66 bits per heavy atom. The number of carbonyl (C=O) groups is 3. The van der Waals surface area contributed by atoms with Crippen LogP contribution in [0.25, 0.3) is 0 Å². The quantitative estimate of drug-likeness (QED) is 0.129. The molecule has 1 N–H and O–H groups in total. The third kappa shape index (κ3) is 7.33. The van der Waals surface area contributed by atoms with Gasteiger partial charge in [-0.2, -0.15) is 13.2 Å². The van der Waals surface area contributed by atoms with Crippen molar-refractivity contribution in [3.05, 3.63) is 98.8 Å². The molecule has 0 aromatic heterocycles. The Bertz CT molecular complexity index is 1750. The van der Waals surface area contributed by atoms with Gasteiger partial charge in [0.1, 0.15) is 27.9 Å². The van der Waals surface area contributed by atoms with Gasteiger partial charge < -0.3 is 10.1 Å². The number of rotatable bonds is 10. The van der Waals surface area contributed by atoms with Gasteiger partial charge in [0.15, 0.2) is 11.6 Å². The summed E-state index contributed by atoms with van der Waals surface area (Å²) in [5.74, 6) is -7.78. The molecule has 5 rings (SSSR count). The van der Waals surface area contributed by atoms with Gasteiger partial charge in [-0.15, -0.1) is 23.2 Å². The Balaban J connectivity index is 1.30. The molecule has 0 bridgehead atoms. The average molecular weight is 721 g/mol. The predicted molar refractivity (Wildman–Crippen MR) is 163 cm³/mol. The second-order valence-corrected chi connectivity index (χ2v) is 13.4. The molecule has 2 aliphatic rings. The van der Waals surface area contributed by atoms with Crippen molar-refractivity contribution < 1.29 is 45.5 Å². The summed E-state index contributed by atoms with van der Waals surface area (Å²) in [5, 5.41) is 2.45. The van der Waals surface area contributed by atoms with Gasteiger partial charge in [-0.05, 0) is 66.8 Å². The summed E-state index contributed by atoms with van der Waals surface area (Å²) in [5.41, 5.74) is -2.38. The molecule has 3 aromatic rings. The smallest absolute Gasteiger partial charge is 0.367 e. The summed E-state index contributed by atoms with van der Waals surface area (Å²) in [6.07, 6.45) is -5.12. The first-order chi connectivity index (χ1) is 22.0. The summed E-state index contributed by atoms with van der Waals surface area (Å²) >= 11 is 18.7. The number of ketones is 2. The number of alkyl halides is 5. The first-order valence-electron chi connectivity index (χ1n) is 14.5. The third-order valence-electron chi connectivity index (χ3n) is 8.42. The van der Waals surface area contributed by atoms with E-state index in [9.17, 15) is 36.3 Å². The summed E-state index contributed by atoms with van der Waals surface area (Å²) in [6, 6.07) is 8.10. The van der Waals surface area contributed by atoms with E-state index in [0.29, 0.717) is 31.4 Å². The van der Waals surface area contributed by atoms with E-state index in [0.717, 1.165) is 18.2 Å². The minimum atomic E-state index is -4.99. The normalized spacial score (nSPS) is 21.8. The Morgan fingerprint density at radius 3 is 2.32 bits per heavy atom. The van der Waals surface area contributed by atoms with Crippen molar-refractivity contribution in [3.8, 4) is 0 Å². The van der Waals surface area contributed by atoms with Crippen molar-refractivity contribution >= 4 is 58.0 Å². The third-order valence-corrected chi connectivity index (χ3v) is 9.69. The van der Waals surface area contributed by atoms with Crippen molar-refractivity contribution in [2.75, 3.05) is 5.32 Å². The molecule has 250 valence electrons. The van der Waals surface area contributed by atoms with Gasteiger partial charge in [-0.3, -0.25) is 14.4 Å². The second kappa shape index (κ2) is 13.4. The number of amides is 1. The molecule has 1 aliphatic carbocycles. The van der Waals surface area contributed by atoms with Gasteiger partial charge in [-0.25, -0.2) is 13.2 Å². The van der Waals surface area contributed by atoms with Crippen LogP contribution < -0.4 is 5.32 Å². The summed E-state index contributed by atoms with van der Waals surface area (Å²) < 4.78 is 87.4. The fraction of sp³-hybridized carbons (Fsp3) is 0.364. The maximum atomic E-state index is 15.4. The zero-order valence-electron chi connectivity index (χ0n) is 24.5. The average Bonchev–Trinajstić information content (AvgIpc) is 3.32. The number of anilines is 1. The minimum Gasteiger partial charge on any atom is -0.367 e. The lowest BCUT2D eigenvalue weighted by molar-refractivity contribution is -0.140. The molecule has 3 aromatic carbocycles. The van der Waals surface area contributed by atoms with Crippen LogP contribution in [0, 0.1) is 23.4 Å². The number of halogens is 9. The topological polar surface area (TPSA) is 72.5 Å². The highest BCUT2D eigenvalue weighted by Gasteiger charge is 2.67. The number of benzene rings is 3. The van der Waals surface area contributed by atoms with Crippen LogP contribution in [0.3, 0.4) is 0 Å². The summed E-state index contributed by atoms with van der Waals surface area (Å²) in [6.45, 7) is 1.91. The van der Waals surface area contributed by atoms with E-state index < -0.39 is 87.3 Å². The van der Waals surface area contributed by atoms with Crippen LogP contribution in [-0.2, 0) is 33.3 Å². The minimum absolute atomic E-state index is 0.0421. The van der Waals surface area contributed by atoms with E-state index in [4.69, 9.17) is 39.5 Å². The highest BCUT2D eigenvalue weighted by atomic mass is 35.5. The van der Waals surface area contributed by atoms with E-state index in [-0.39, 0.29) is 33.5 Å². The van der Waals surface area contributed by atoms with E-state index >= 15 is 4.39 Å². The van der Waals surface area contributed by atoms with Crippen molar-refractivity contribution in [1.29, 1.82) is 0 Å². The molecular formula is C33H26Cl3F6NO4. The van der Waals surface area contributed by atoms with Crippen LogP contribution in [0.5, 0.6) is 0 Å². The fourth-order valence-corrected chi connectivity index (χ4v) is 6.85. The molecule has 47 heavy (non-hydrogen) atoms. The lowest BCUT2D eigenvalue weighted by Crippen LogP contribution is -2.24. The Hall–Kier alpha value is -3.12. The molecular weight excluding hydrogens is 695 g/mol. The Morgan fingerprint density at radius 1 is 0.957 bits per heavy atom. The standard InChI is InChI=1S/C33H26Cl3F6NO4/c1-2-18-6-10-27(47-18)26(45)14-20-23(37)8-4-16(30(20)39)12-25(44)19-13-17(5-7-22(19)34)43-31(46)29-28(32(29,35)36)15-3-9-24(38)21(11-15)33(40,41)42/h3-5,7-9,11,13,18,27-29H,2,6,10,12,14H2,1H3,(H,43,46)/t18?,27?,28-,29+/m0/s1. The fourth-order valence-electron chi connectivity index (χ4n) is 5.80. The first kappa shape index (κ1) is 35.2. The van der Waals surface area contributed by atoms with E-state index in [1.807, 2.05) is 6.92 Å². The molecule has 0 spiro atoms. The van der Waals surface area contributed by atoms with Crippen molar-refractivity contribution in [1.82, 2.24) is 0 Å². The Kier molecular flexibility index (Phi) is 10.0. The summed E-state index contributed by atoms with van der Waals surface area (Å²) in [7, 11) is 0. The first-order valence-corrected chi connectivity index (χ1v) is 15.7.